The normalized spacial score (nSPS) is 12.2. The highest BCUT2D eigenvalue weighted by Crippen LogP contribution is 2.30. The topological polar surface area (TPSA) is 116 Å². The molecule has 1 atom stereocenters. The Morgan fingerprint density at radius 1 is 1.18 bits per heavy atom. The molecule has 1 N–H and O–H groups in total. The van der Waals surface area contributed by atoms with Gasteiger partial charge in [-0.25, -0.2) is 4.98 Å². The Kier molecular flexibility index (Phi) is 8.16. The van der Waals surface area contributed by atoms with E-state index in [1.165, 1.54) is 22.8 Å². The van der Waals surface area contributed by atoms with Crippen molar-refractivity contribution in [1.82, 2.24) is 14.9 Å². The van der Waals surface area contributed by atoms with Crippen molar-refractivity contribution < 1.29 is 28.0 Å². The third-order valence-electron chi connectivity index (χ3n) is 4.70. The van der Waals surface area contributed by atoms with Crippen molar-refractivity contribution in [3.05, 3.63) is 64.2 Å². The second-order valence-electron chi connectivity index (χ2n) is 7.53. The van der Waals surface area contributed by atoms with Crippen molar-refractivity contribution >= 4 is 40.4 Å². The lowest BCUT2D eigenvalue weighted by Gasteiger charge is -2.20. The number of esters is 1. The van der Waals surface area contributed by atoms with Gasteiger partial charge in [0.1, 0.15) is 6.54 Å². The summed E-state index contributed by atoms with van der Waals surface area (Å²) in [5.74, 6) is -4.04. The van der Waals surface area contributed by atoms with Gasteiger partial charge in [0, 0.05) is 6.07 Å². The number of fused-ring (bicyclic) bond motifs is 1. The predicted octanol–water partition coefficient (Wildman–Crippen LogP) is 4.46. The smallest absolute Gasteiger partial charge is 0.308 e. The molecule has 9 nitrogen and oxygen atoms in total. The summed E-state index contributed by atoms with van der Waals surface area (Å²) in [4.78, 5) is 40.4. The van der Waals surface area contributed by atoms with E-state index in [2.05, 4.69) is 10.3 Å². The number of ether oxygens (including phenoxy) is 1. The number of carbonyl (C=O) groups is 2. The van der Waals surface area contributed by atoms with E-state index in [9.17, 15) is 28.5 Å². The number of para-hydroxylation sites is 3. The largest absolute Gasteiger partial charge is 0.463 e. The quantitative estimate of drug-likeness (QED) is 0.192. The molecule has 34 heavy (non-hydrogen) atoms. The summed E-state index contributed by atoms with van der Waals surface area (Å²) in [6.45, 7) is 2.93. The van der Waals surface area contributed by atoms with E-state index < -0.39 is 34.7 Å². The number of carbonyl (C=O) groups excluding carboxylic acids is 2. The van der Waals surface area contributed by atoms with Crippen molar-refractivity contribution in [3.63, 3.8) is 0 Å². The third-order valence-corrected chi connectivity index (χ3v) is 5.40. The van der Waals surface area contributed by atoms with Gasteiger partial charge in [-0.2, -0.15) is 8.78 Å². The summed E-state index contributed by atoms with van der Waals surface area (Å²) in [5.41, 5.74) is 0.767. The molecule has 1 aromatic heterocycles. The maximum Gasteiger partial charge on any atom is 0.308 e. The highest BCUT2D eigenvalue weighted by molar-refractivity contribution is 7.99. The van der Waals surface area contributed by atoms with Gasteiger partial charge in [0.05, 0.1) is 40.1 Å². The van der Waals surface area contributed by atoms with Crippen LogP contribution in [0.3, 0.4) is 0 Å². The van der Waals surface area contributed by atoms with Crippen LogP contribution in [0.4, 0.5) is 14.5 Å². The summed E-state index contributed by atoms with van der Waals surface area (Å²) in [6, 6.07) is 11.3. The highest BCUT2D eigenvalue weighted by atomic mass is 32.2. The van der Waals surface area contributed by atoms with Crippen molar-refractivity contribution in [2.45, 2.75) is 49.9 Å². The lowest BCUT2D eigenvalue weighted by atomic mass is 10.0. The van der Waals surface area contributed by atoms with Crippen LogP contribution in [0, 0.1) is 10.1 Å². The lowest BCUT2D eigenvalue weighted by Crippen LogP contribution is -2.34. The first-order chi connectivity index (χ1) is 16.2. The van der Waals surface area contributed by atoms with Gasteiger partial charge >= 0.3 is 5.97 Å². The predicted molar refractivity (Wildman–Crippen MR) is 121 cm³/mol. The number of aromatic nitrogens is 2. The Balaban J connectivity index is 1.91. The monoisotopic (exact) mass is 492 g/mol. The van der Waals surface area contributed by atoms with E-state index in [-0.39, 0.29) is 41.1 Å². The van der Waals surface area contributed by atoms with Crippen molar-refractivity contribution in [2.75, 3.05) is 0 Å². The molecule has 2 aromatic carbocycles. The molecule has 3 aromatic rings. The summed E-state index contributed by atoms with van der Waals surface area (Å²) >= 11 is 0.207. The minimum absolute atomic E-state index is 0.0483. The molecule has 0 aliphatic heterocycles. The molecular formula is C22H22F2N4O5S. The molecule has 0 radical (unpaired) electrons. The number of hydrogen-bond donors (Lipinski definition) is 1. The van der Waals surface area contributed by atoms with E-state index >= 15 is 0 Å². The third kappa shape index (κ3) is 6.28. The van der Waals surface area contributed by atoms with Gasteiger partial charge in [-0.1, -0.05) is 30.3 Å². The molecule has 1 unspecified atom stereocenters. The maximum absolute atomic E-state index is 13.1. The van der Waals surface area contributed by atoms with Gasteiger partial charge in [-0.3, -0.25) is 19.7 Å². The number of amides is 1. The Morgan fingerprint density at radius 2 is 1.85 bits per heavy atom. The van der Waals surface area contributed by atoms with E-state index in [0.29, 0.717) is 11.0 Å². The number of hydrogen-bond acceptors (Lipinski definition) is 7. The van der Waals surface area contributed by atoms with Crippen LogP contribution >= 0.6 is 11.8 Å². The fourth-order valence-corrected chi connectivity index (χ4v) is 4.02. The number of thioether (sulfide) groups is 1. The van der Waals surface area contributed by atoms with Crippen LogP contribution < -0.4 is 5.32 Å². The van der Waals surface area contributed by atoms with E-state index in [1.54, 1.807) is 44.2 Å². The number of imidazole rings is 1. The number of nitro benzene ring substituents is 1. The lowest BCUT2D eigenvalue weighted by molar-refractivity contribution is -0.385. The first-order valence-corrected chi connectivity index (χ1v) is 11.2. The van der Waals surface area contributed by atoms with Crippen LogP contribution in [-0.4, -0.2) is 38.2 Å². The van der Waals surface area contributed by atoms with E-state index in [4.69, 9.17) is 4.74 Å². The molecule has 0 bridgehead atoms. The molecule has 1 amide bonds. The first kappa shape index (κ1) is 25.1. The molecule has 0 aliphatic rings. The molecule has 0 spiro atoms. The van der Waals surface area contributed by atoms with Gasteiger partial charge in [0.2, 0.25) is 5.91 Å². The fraction of sp³-hybridized carbons (Fsp3) is 0.318. The molecule has 180 valence electrons. The van der Waals surface area contributed by atoms with Gasteiger partial charge in [-0.15, -0.1) is 0 Å². The molecular weight excluding hydrogens is 470 g/mol. The van der Waals surface area contributed by atoms with Gasteiger partial charge in [0.15, 0.2) is 5.16 Å². The second-order valence-corrected chi connectivity index (χ2v) is 8.48. The number of nitro groups is 1. The molecule has 12 heteroatoms. The average molecular weight is 493 g/mol. The summed E-state index contributed by atoms with van der Waals surface area (Å²) in [5, 5.41) is 14.1. The van der Waals surface area contributed by atoms with Gasteiger partial charge in [-0.05, 0) is 37.7 Å². The number of nitrogens with one attached hydrogen (secondary N) is 1. The zero-order valence-corrected chi connectivity index (χ0v) is 19.1. The number of rotatable bonds is 10. The summed E-state index contributed by atoms with van der Waals surface area (Å²) < 4.78 is 32.6. The van der Waals surface area contributed by atoms with Gasteiger partial charge < -0.3 is 14.6 Å². The minimum Gasteiger partial charge on any atom is -0.463 e. The number of nitrogens with zero attached hydrogens (tertiary/aromatic N) is 3. The van der Waals surface area contributed by atoms with E-state index in [0.717, 1.165) is 0 Å². The number of alkyl halides is 2. The van der Waals surface area contributed by atoms with Gasteiger partial charge in [0.25, 0.3) is 11.4 Å². The molecule has 3 rings (SSSR count). The van der Waals surface area contributed by atoms with Crippen LogP contribution in [0.5, 0.6) is 0 Å². The zero-order chi connectivity index (χ0) is 24.8. The SMILES string of the molecule is CC(C)OC(=O)CC(NC(=O)Cn1c(SC(F)F)nc2ccccc21)c1ccccc1[N+](=O)[O-]. The summed E-state index contributed by atoms with van der Waals surface area (Å²) in [6.07, 6.45) is -0.765. The first-order valence-electron chi connectivity index (χ1n) is 10.3. The molecule has 0 saturated heterocycles. The second kappa shape index (κ2) is 11.1. The standard InChI is InChI=1S/C22H22F2N4O5S/c1-13(2)33-20(30)11-16(14-7-3-5-9-17(14)28(31)32)25-19(29)12-27-18-10-6-4-8-15(18)26-22(27)34-21(23)24/h3-10,13,16,21H,11-12H2,1-2H3,(H,25,29). The number of benzene rings is 2. The minimum atomic E-state index is -2.75. The van der Waals surface area contributed by atoms with E-state index in [1.807, 2.05) is 0 Å². The zero-order valence-electron chi connectivity index (χ0n) is 18.3. The van der Waals surface area contributed by atoms with Crippen LogP contribution in [0.2, 0.25) is 0 Å². The van der Waals surface area contributed by atoms with Crippen LogP contribution in [0.25, 0.3) is 11.0 Å². The Hall–Kier alpha value is -3.54. The molecule has 1 heterocycles. The molecule has 0 aliphatic carbocycles. The summed E-state index contributed by atoms with van der Waals surface area (Å²) in [7, 11) is 0. The van der Waals surface area contributed by atoms with Crippen LogP contribution in [0.15, 0.2) is 53.7 Å². The van der Waals surface area contributed by atoms with Crippen molar-refractivity contribution in [3.8, 4) is 0 Å². The molecule has 0 saturated carbocycles. The number of halogens is 2. The average Bonchev–Trinajstić information content (AvgIpc) is 3.09. The Labute approximate surface area is 197 Å². The maximum atomic E-state index is 13.1. The Morgan fingerprint density at radius 3 is 2.53 bits per heavy atom. The van der Waals surface area contributed by atoms with Crippen LogP contribution in [0.1, 0.15) is 31.9 Å². The molecule has 0 fully saturated rings. The Bertz CT molecular complexity index is 1200. The van der Waals surface area contributed by atoms with Crippen LogP contribution in [-0.2, 0) is 20.9 Å². The van der Waals surface area contributed by atoms with Crippen molar-refractivity contribution in [1.29, 1.82) is 0 Å². The fourth-order valence-electron chi connectivity index (χ4n) is 3.42. The van der Waals surface area contributed by atoms with Crippen molar-refractivity contribution in [2.24, 2.45) is 0 Å². The highest BCUT2D eigenvalue weighted by Gasteiger charge is 2.27.